The molecule has 2 aromatic rings. The fraction of sp³-hybridized carbons (Fsp3) is 0.364. The van der Waals surface area contributed by atoms with Gasteiger partial charge in [0.25, 0.3) is 0 Å². The molecule has 1 aliphatic heterocycles. The topological polar surface area (TPSA) is 50.5 Å². The van der Waals surface area contributed by atoms with Gasteiger partial charge in [0.1, 0.15) is 5.69 Å². The third-order valence-corrected chi connectivity index (χ3v) is 2.90. The molecule has 3 rings (SSSR count). The van der Waals surface area contributed by atoms with Gasteiger partial charge in [-0.15, -0.1) is 0 Å². The maximum absolute atomic E-state index is 10.7. The van der Waals surface area contributed by atoms with E-state index in [1.54, 1.807) is 12.4 Å². The van der Waals surface area contributed by atoms with Crippen LogP contribution in [0.5, 0.6) is 0 Å². The first-order chi connectivity index (χ1) is 7.88. The predicted molar refractivity (Wildman–Crippen MR) is 59.8 cm³/mol. The molecule has 16 heavy (non-hydrogen) atoms. The highest BCUT2D eigenvalue weighted by Crippen LogP contribution is 2.21. The Morgan fingerprint density at radius 3 is 2.88 bits per heavy atom. The number of carbonyl (C=O) groups excluding carboxylic acids is 1. The summed E-state index contributed by atoms with van der Waals surface area (Å²) in [6.07, 6.45) is 8.45. The van der Waals surface area contributed by atoms with Gasteiger partial charge in [-0.25, -0.2) is 9.97 Å². The van der Waals surface area contributed by atoms with Gasteiger partial charge in [0.2, 0.25) is 0 Å². The van der Waals surface area contributed by atoms with Crippen LogP contribution < -0.4 is 4.90 Å². The fourth-order valence-corrected chi connectivity index (χ4v) is 2.13. The summed E-state index contributed by atoms with van der Waals surface area (Å²) in [6.45, 7) is 2.05. The molecule has 0 atom stereocenters. The van der Waals surface area contributed by atoms with Gasteiger partial charge in [-0.2, -0.15) is 0 Å². The molecule has 5 nitrogen and oxygen atoms in total. The number of hydrogen-bond acceptors (Lipinski definition) is 4. The summed E-state index contributed by atoms with van der Waals surface area (Å²) in [4.78, 5) is 21.5. The Hall–Kier alpha value is -1.91. The lowest BCUT2D eigenvalue weighted by Crippen LogP contribution is -2.19. The van der Waals surface area contributed by atoms with E-state index in [0.29, 0.717) is 5.69 Å². The van der Waals surface area contributed by atoms with E-state index in [-0.39, 0.29) is 0 Å². The number of anilines is 1. The average Bonchev–Trinajstić information content (AvgIpc) is 2.97. The van der Waals surface area contributed by atoms with E-state index in [9.17, 15) is 4.79 Å². The zero-order valence-electron chi connectivity index (χ0n) is 8.83. The SMILES string of the molecule is O=Cc1cn2ccnc(N3CCCC3)c2n1. The highest BCUT2D eigenvalue weighted by molar-refractivity contribution is 5.76. The largest absolute Gasteiger partial charge is 0.354 e. The van der Waals surface area contributed by atoms with Crippen molar-refractivity contribution in [1.29, 1.82) is 0 Å². The molecule has 1 aliphatic rings. The summed E-state index contributed by atoms with van der Waals surface area (Å²) >= 11 is 0. The van der Waals surface area contributed by atoms with Crippen molar-refractivity contribution < 1.29 is 4.79 Å². The Labute approximate surface area is 92.7 Å². The van der Waals surface area contributed by atoms with Crippen LogP contribution >= 0.6 is 0 Å². The van der Waals surface area contributed by atoms with E-state index >= 15 is 0 Å². The standard InChI is InChI=1S/C11H12N4O/c16-8-9-7-15-6-3-12-10(11(15)13-9)14-4-1-2-5-14/h3,6-8H,1-2,4-5H2. The van der Waals surface area contributed by atoms with E-state index in [4.69, 9.17) is 0 Å². The van der Waals surface area contributed by atoms with Crippen LogP contribution in [0, 0.1) is 0 Å². The molecule has 5 heteroatoms. The van der Waals surface area contributed by atoms with E-state index in [2.05, 4.69) is 14.9 Å². The Balaban J connectivity index is 2.15. The maximum atomic E-state index is 10.7. The second-order valence-corrected chi connectivity index (χ2v) is 3.96. The van der Waals surface area contributed by atoms with Gasteiger partial charge in [0.15, 0.2) is 17.8 Å². The quantitative estimate of drug-likeness (QED) is 0.706. The zero-order chi connectivity index (χ0) is 11.0. The maximum Gasteiger partial charge on any atom is 0.180 e. The molecule has 0 amide bonds. The number of aldehydes is 1. The van der Waals surface area contributed by atoms with Gasteiger partial charge in [-0.1, -0.05) is 0 Å². The van der Waals surface area contributed by atoms with Gasteiger partial charge >= 0.3 is 0 Å². The van der Waals surface area contributed by atoms with E-state index in [1.165, 1.54) is 12.8 Å². The minimum absolute atomic E-state index is 0.452. The molecule has 2 aromatic heterocycles. The van der Waals surface area contributed by atoms with E-state index in [0.717, 1.165) is 30.8 Å². The number of carbonyl (C=O) groups is 1. The van der Waals surface area contributed by atoms with Gasteiger partial charge in [-0.3, -0.25) is 4.79 Å². The summed E-state index contributed by atoms with van der Waals surface area (Å²) in [5, 5.41) is 0. The van der Waals surface area contributed by atoms with E-state index < -0.39 is 0 Å². The Morgan fingerprint density at radius 1 is 1.31 bits per heavy atom. The van der Waals surface area contributed by atoms with Crippen LogP contribution in [0.4, 0.5) is 5.82 Å². The van der Waals surface area contributed by atoms with Crippen LogP contribution in [0.1, 0.15) is 23.3 Å². The monoisotopic (exact) mass is 216 g/mol. The second-order valence-electron chi connectivity index (χ2n) is 3.96. The van der Waals surface area contributed by atoms with Crippen LogP contribution in [0.15, 0.2) is 18.6 Å². The molecule has 0 radical (unpaired) electrons. The summed E-state index contributed by atoms with van der Waals surface area (Å²) in [6, 6.07) is 0. The number of fused-ring (bicyclic) bond motifs is 1. The lowest BCUT2D eigenvalue weighted by Gasteiger charge is -2.16. The van der Waals surface area contributed by atoms with Crippen LogP contribution in [-0.2, 0) is 0 Å². The highest BCUT2D eigenvalue weighted by Gasteiger charge is 2.17. The second kappa shape index (κ2) is 3.59. The molecule has 0 bridgehead atoms. The summed E-state index contributed by atoms with van der Waals surface area (Å²) in [5.74, 6) is 0.883. The molecule has 3 heterocycles. The third-order valence-electron chi connectivity index (χ3n) is 2.90. The number of hydrogen-bond donors (Lipinski definition) is 0. The number of aromatic nitrogens is 3. The van der Waals surface area contributed by atoms with Crippen molar-refractivity contribution in [3.8, 4) is 0 Å². The van der Waals surface area contributed by atoms with Gasteiger partial charge in [0.05, 0.1) is 0 Å². The van der Waals surface area contributed by atoms with Crippen molar-refractivity contribution in [2.24, 2.45) is 0 Å². The number of imidazole rings is 1. The normalized spacial score (nSPS) is 15.9. The number of rotatable bonds is 2. The van der Waals surface area contributed by atoms with Crippen molar-refractivity contribution in [1.82, 2.24) is 14.4 Å². The smallest absolute Gasteiger partial charge is 0.180 e. The zero-order valence-corrected chi connectivity index (χ0v) is 8.83. The Kier molecular flexibility index (Phi) is 2.09. The van der Waals surface area contributed by atoms with Crippen LogP contribution in [-0.4, -0.2) is 33.7 Å². The molecule has 1 saturated heterocycles. The molecule has 0 spiro atoms. The molecule has 0 aromatic carbocycles. The summed E-state index contributed by atoms with van der Waals surface area (Å²) in [5.41, 5.74) is 1.22. The minimum atomic E-state index is 0.452. The van der Waals surface area contributed by atoms with Crippen molar-refractivity contribution in [2.45, 2.75) is 12.8 Å². The summed E-state index contributed by atoms with van der Waals surface area (Å²) in [7, 11) is 0. The van der Waals surface area contributed by atoms with Crippen molar-refractivity contribution >= 4 is 17.8 Å². The predicted octanol–water partition coefficient (Wildman–Crippen LogP) is 1.14. The minimum Gasteiger partial charge on any atom is -0.354 e. The average molecular weight is 216 g/mol. The first-order valence-corrected chi connectivity index (χ1v) is 5.42. The van der Waals surface area contributed by atoms with Crippen LogP contribution in [0.25, 0.3) is 5.65 Å². The fourth-order valence-electron chi connectivity index (χ4n) is 2.13. The van der Waals surface area contributed by atoms with Crippen molar-refractivity contribution in [3.63, 3.8) is 0 Å². The number of nitrogens with zero attached hydrogens (tertiary/aromatic N) is 4. The Bertz CT molecular complexity index is 528. The third kappa shape index (κ3) is 1.36. The van der Waals surface area contributed by atoms with Gasteiger partial charge < -0.3 is 9.30 Å². The molecule has 0 aliphatic carbocycles. The van der Waals surface area contributed by atoms with Crippen LogP contribution in [0.3, 0.4) is 0 Å². The molecule has 82 valence electrons. The lowest BCUT2D eigenvalue weighted by atomic mass is 10.4. The molecule has 0 saturated carbocycles. The summed E-state index contributed by atoms with van der Waals surface area (Å²) < 4.78 is 1.85. The van der Waals surface area contributed by atoms with Gasteiger partial charge in [-0.05, 0) is 12.8 Å². The molecule has 1 fully saturated rings. The van der Waals surface area contributed by atoms with Crippen molar-refractivity contribution in [3.05, 3.63) is 24.3 Å². The molecule has 0 N–H and O–H groups in total. The molecule has 0 unspecified atom stereocenters. The first kappa shape index (κ1) is 9.33. The lowest BCUT2D eigenvalue weighted by molar-refractivity contribution is 0.111. The highest BCUT2D eigenvalue weighted by atomic mass is 16.1. The molecular formula is C11H12N4O. The van der Waals surface area contributed by atoms with Crippen LogP contribution in [0.2, 0.25) is 0 Å². The first-order valence-electron chi connectivity index (χ1n) is 5.42. The van der Waals surface area contributed by atoms with E-state index in [1.807, 2.05) is 10.6 Å². The van der Waals surface area contributed by atoms with Crippen molar-refractivity contribution in [2.75, 3.05) is 18.0 Å². The Morgan fingerprint density at radius 2 is 2.12 bits per heavy atom. The van der Waals surface area contributed by atoms with Gasteiger partial charge in [0, 0.05) is 31.7 Å². The molecular weight excluding hydrogens is 204 g/mol.